The van der Waals surface area contributed by atoms with Gasteiger partial charge in [-0.2, -0.15) is 5.10 Å². The van der Waals surface area contributed by atoms with Gasteiger partial charge in [0.05, 0.1) is 6.54 Å². The van der Waals surface area contributed by atoms with E-state index in [0.717, 1.165) is 5.56 Å². The van der Waals surface area contributed by atoms with Gasteiger partial charge >= 0.3 is 0 Å². The van der Waals surface area contributed by atoms with Crippen LogP contribution in [0.25, 0.3) is 0 Å². The Balaban J connectivity index is 2.01. The van der Waals surface area contributed by atoms with Gasteiger partial charge in [0, 0.05) is 12.6 Å². The Morgan fingerprint density at radius 3 is 2.46 bits per heavy atom. The second kappa shape index (κ2) is 8.24. The van der Waals surface area contributed by atoms with E-state index in [-0.39, 0.29) is 11.8 Å². The van der Waals surface area contributed by atoms with Crippen molar-refractivity contribution >= 4 is 11.8 Å². The molecule has 1 aromatic carbocycles. The zero-order valence-corrected chi connectivity index (χ0v) is 14.2. The minimum Gasteiger partial charge on any atom is -0.357 e. The molecule has 2 amide bonds. The molecule has 1 aromatic heterocycles. The average Bonchev–Trinajstić information content (AvgIpc) is 3.06. The molecule has 1 heterocycles. The molecule has 0 aliphatic heterocycles. The maximum absolute atomic E-state index is 12.4. The molecule has 2 rings (SSSR count). The quantitative estimate of drug-likeness (QED) is 0.799. The van der Waals surface area contributed by atoms with Crippen molar-refractivity contribution in [1.29, 1.82) is 0 Å². The summed E-state index contributed by atoms with van der Waals surface area (Å²) < 4.78 is 1.71. The zero-order chi connectivity index (χ0) is 17.5. The lowest BCUT2D eigenvalue weighted by molar-refractivity contribution is -0.122. The van der Waals surface area contributed by atoms with Crippen LogP contribution in [-0.2, 0) is 11.3 Å². The third-order valence-electron chi connectivity index (χ3n) is 3.60. The number of carbonyl (C=O) groups excluding carboxylic acids is 2. The number of hydrogen-bond acceptors (Lipinski definition) is 4. The maximum atomic E-state index is 12.4. The van der Waals surface area contributed by atoms with E-state index in [1.165, 1.54) is 6.33 Å². The van der Waals surface area contributed by atoms with E-state index in [1.807, 2.05) is 26.0 Å². The summed E-state index contributed by atoms with van der Waals surface area (Å²) in [6, 6.07) is 6.70. The van der Waals surface area contributed by atoms with E-state index < -0.39 is 6.04 Å². The molecular weight excluding hydrogens is 306 g/mol. The van der Waals surface area contributed by atoms with Crippen LogP contribution in [-0.4, -0.2) is 39.7 Å². The van der Waals surface area contributed by atoms with Crippen LogP contribution in [0, 0.1) is 5.92 Å². The van der Waals surface area contributed by atoms with Crippen molar-refractivity contribution in [1.82, 2.24) is 25.4 Å². The van der Waals surface area contributed by atoms with Crippen LogP contribution in [0.2, 0.25) is 0 Å². The normalized spacial score (nSPS) is 12.0. The Labute approximate surface area is 141 Å². The molecule has 0 saturated heterocycles. The first-order valence-electron chi connectivity index (χ1n) is 7.93. The second-order valence-electron chi connectivity index (χ2n) is 6.06. The SMILES string of the molecule is CNC(=O)[C@@H](CC(C)C)NC(=O)c1ccc(Cn2cncn2)cc1. The number of nitrogens with one attached hydrogen (secondary N) is 2. The number of hydrogen-bond donors (Lipinski definition) is 2. The Bertz CT molecular complexity index is 665. The van der Waals surface area contributed by atoms with E-state index in [2.05, 4.69) is 20.7 Å². The first-order chi connectivity index (χ1) is 11.5. The summed E-state index contributed by atoms with van der Waals surface area (Å²) in [7, 11) is 1.57. The molecular formula is C17H23N5O2. The highest BCUT2D eigenvalue weighted by atomic mass is 16.2. The molecule has 0 spiro atoms. The predicted octanol–water partition coefficient (Wildman–Crippen LogP) is 1.22. The van der Waals surface area contributed by atoms with Crippen LogP contribution in [0.3, 0.4) is 0 Å². The van der Waals surface area contributed by atoms with Crippen molar-refractivity contribution in [3.63, 3.8) is 0 Å². The molecule has 7 nitrogen and oxygen atoms in total. The Kier molecular flexibility index (Phi) is 6.06. The third-order valence-corrected chi connectivity index (χ3v) is 3.60. The molecule has 0 radical (unpaired) electrons. The van der Waals surface area contributed by atoms with Crippen molar-refractivity contribution in [2.75, 3.05) is 7.05 Å². The van der Waals surface area contributed by atoms with Crippen LogP contribution in [0.4, 0.5) is 0 Å². The van der Waals surface area contributed by atoms with Gasteiger partial charge in [0.1, 0.15) is 18.7 Å². The molecule has 24 heavy (non-hydrogen) atoms. The van der Waals surface area contributed by atoms with Gasteiger partial charge in [-0.05, 0) is 30.0 Å². The van der Waals surface area contributed by atoms with E-state index in [0.29, 0.717) is 24.4 Å². The third kappa shape index (κ3) is 4.91. The van der Waals surface area contributed by atoms with Crippen molar-refractivity contribution in [2.24, 2.45) is 5.92 Å². The number of nitrogens with zero attached hydrogens (tertiary/aromatic N) is 3. The van der Waals surface area contributed by atoms with Gasteiger partial charge in [0.2, 0.25) is 5.91 Å². The lowest BCUT2D eigenvalue weighted by Crippen LogP contribution is -2.46. The summed E-state index contributed by atoms with van der Waals surface area (Å²) in [4.78, 5) is 28.2. The standard InChI is InChI=1S/C17H23N5O2/c1-12(2)8-15(17(24)18-3)21-16(23)14-6-4-13(5-7-14)9-22-11-19-10-20-22/h4-7,10-12,15H,8-9H2,1-3H3,(H,18,24)(H,21,23)/t15-/m1/s1. The molecule has 2 aromatic rings. The van der Waals surface area contributed by atoms with Gasteiger partial charge in [0.15, 0.2) is 0 Å². The number of aromatic nitrogens is 3. The lowest BCUT2D eigenvalue weighted by Gasteiger charge is -2.19. The largest absolute Gasteiger partial charge is 0.357 e. The Morgan fingerprint density at radius 2 is 1.92 bits per heavy atom. The van der Waals surface area contributed by atoms with Gasteiger partial charge in [-0.1, -0.05) is 26.0 Å². The van der Waals surface area contributed by atoms with Gasteiger partial charge < -0.3 is 10.6 Å². The highest BCUT2D eigenvalue weighted by Gasteiger charge is 2.21. The first-order valence-corrected chi connectivity index (χ1v) is 7.93. The number of rotatable bonds is 7. The summed E-state index contributed by atoms with van der Waals surface area (Å²) >= 11 is 0. The average molecular weight is 329 g/mol. The Hall–Kier alpha value is -2.70. The summed E-state index contributed by atoms with van der Waals surface area (Å²) in [5.41, 5.74) is 1.54. The molecule has 0 saturated carbocycles. The monoisotopic (exact) mass is 329 g/mol. The molecule has 0 bridgehead atoms. The molecule has 0 unspecified atom stereocenters. The summed E-state index contributed by atoms with van der Waals surface area (Å²) in [6.07, 6.45) is 3.71. The molecule has 0 aliphatic carbocycles. The van der Waals surface area contributed by atoms with Gasteiger partial charge in [0.25, 0.3) is 5.91 Å². The molecule has 7 heteroatoms. The zero-order valence-electron chi connectivity index (χ0n) is 14.2. The fourth-order valence-corrected chi connectivity index (χ4v) is 2.38. The van der Waals surface area contributed by atoms with Gasteiger partial charge in [-0.25, -0.2) is 9.67 Å². The van der Waals surface area contributed by atoms with Crippen LogP contribution < -0.4 is 10.6 Å². The van der Waals surface area contributed by atoms with E-state index in [4.69, 9.17) is 0 Å². The summed E-state index contributed by atoms with van der Waals surface area (Å²) in [5, 5.41) is 9.44. The summed E-state index contributed by atoms with van der Waals surface area (Å²) in [6.45, 7) is 4.62. The van der Waals surface area contributed by atoms with Gasteiger partial charge in [-0.15, -0.1) is 0 Å². The number of amides is 2. The number of likely N-dealkylation sites (N-methyl/N-ethyl adjacent to an activating group) is 1. The number of carbonyl (C=O) groups is 2. The van der Waals surface area contributed by atoms with Crippen LogP contribution >= 0.6 is 0 Å². The van der Waals surface area contributed by atoms with Crippen LogP contribution in [0.15, 0.2) is 36.9 Å². The highest BCUT2D eigenvalue weighted by molar-refractivity contribution is 5.97. The van der Waals surface area contributed by atoms with Crippen LogP contribution in [0.1, 0.15) is 36.2 Å². The molecule has 1 atom stereocenters. The smallest absolute Gasteiger partial charge is 0.251 e. The topological polar surface area (TPSA) is 88.9 Å². The minimum atomic E-state index is -0.530. The van der Waals surface area contributed by atoms with E-state index in [1.54, 1.807) is 30.2 Å². The first kappa shape index (κ1) is 17.7. The Morgan fingerprint density at radius 1 is 1.21 bits per heavy atom. The maximum Gasteiger partial charge on any atom is 0.251 e. The fraction of sp³-hybridized carbons (Fsp3) is 0.412. The number of benzene rings is 1. The molecule has 2 N–H and O–H groups in total. The molecule has 0 aliphatic rings. The van der Waals surface area contributed by atoms with Crippen LogP contribution in [0.5, 0.6) is 0 Å². The highest BCUT2D eigenvalue weighted by Crippen LogP contribution is 2.09. The summed E-state index contributed by atoms with van der Waals surface area (Å²) in [5.74, 6) is -0.130. The van der Waals surface area contributed by atoms with Crippen molar-refractivity contribution < 1.29 is 9.59 Å². The minimum absolute atomic E-state index is 0.181. The predicted molar refractivity (Wildman–Crippen MR) is 90.3 cm³/mol. The van der Waals surface area contributed by atoms with E-state index in [9.17, 15) is 9.59 Å². The lowest BCUT2D eigenvalue weighted by atomic mass is 10.0. The van der Waals surface area contributed by atoms with Crippen molar-refractivity contribution in [2.45, 2.75) is 32.9 Å². The molecule has 0 fully saturated rings. The van der Waals surface area contributed by atoms with Crippen molar-refractivity contribution in [3.8, 4) is 0 Å². The van der Waals surface area contributed by atoms with Crippen molar-refractivity contribution in [3.05, 3.63) is 48.0 Å². The van der Waals surface area contributed by atoms with E-state index >= 15 is 0 Å². The second-order valence-corrected chi connectivity index (χ2v) is 6.06. The molecule has 128 valence electrons. The van der Waals surface area contributed by atoms with Gasteiger partial charge in [-0.3, -0.25) is 9.59 Å². The fourth-order valence-electron chi connectivity index (χ4n) is 2.38.